The van der Waals surface area contributed by atoms with Gasteiger partial charge >= 0.3 is 0 Å². The summed E-state index contributed by atoms with van der Waals surface area (Å²) in [6, 6.07) is 3.86. The third-order valence-electron chi connectivity index (χ3n) is 6.16. The SMILES string of the molecule is Cc1ccc(C(CNC(=O)c2[nH]c3c(c2C)C(=O)CC(C)(C)C3)N2CCOCC2)o1. The fraction of sp³-hybridized carbons (Fsp3) is 0.565. The van der Waals surface area contributed by atoms with Gasteiger partial charge in [0, 0.05) is 37.3 Å². The Kier molecular flexibility index (Phi) is 5.59. The molecule has 0 aromatic carbocycles. The van der Waals surface area contributed by atoms with Crippen LogP contribution in [0.2, 0.25) is 0 Å². The third kappa shape index (κ3) is 4.09. The van der Waals surface area contributed by atoms with Crippen LogP contribution in [0.25, 0.3) is 0 Å². The van der Waals surface area contributed by atoms with Crippen LogP contribution in [0.1, 0.15) is 69.9 Å². The van der Waals surface area contributed by atoms with Gasteiger partial charge in [-0.05, 0) is 43.4 Å². The lowest BCUT2D eigenvalue weighted by molar-refractivity contribution is 0.0116. The van der Waals surface area contributed by atoms with Gasteiger partial charge in [0.25, 0.3) is 5.91 Å². The molecule has 2 aliphatic rings. The monoisotopic (exact) mass is 413 g/mol. The minimum Gasteiger partial charge on any atom is -0.465 e. The fourth-order valence-electron chi connectivity index (χ4n) is 4.67. The van der Waals surface area contributed by atoms with Crippen LogP contribution in [0.4, 0.5) is 0 Å². The van der Waals surface area contributed by atoms with Crippen LogP contribution in [0.3, 0.4) is 0 Å². The number of hydrogen-bond acceptors (Lipinski definition) is 5. The minimum atomic E-state index is -0.186. The molecule has 1 amide bonds. The molecular formula is C23H31N3O4. The van der Waals surface area contributed by atoms with Crippen LogP contribution < -0.4 is 5.32 Å². The van der Waals surface area contributed by atoms with E-state index in [0.717, 1.165) is 42.3 Å². The number of carbonyl (C=O) groups is 2. The molecule has 7 nitrogen and oxygen atoms in total. The van der Waals surface area contributed by atoms with Gasteiger partial charge in [-0.15, -0.1) is 0 Å². The number of H-pyrrole nitrogens is 1. The summed E-state index contributed by atoms with van der Waals surface area (Å²) in [6.45, 7) is 11.3. The van der Waals surface area contributed by atoms with Gasteiger partial charge < -0.3 is 19.5 Å². The molecule has 162 valence electrons. The van der Waals surface area contributed by atoms with E-state index in [1.165, 1.54) is 0 Å². The topological polar surface area (TPSA) is 87.6 Å². The Morgan fingerprint density at radius 1 is 1.23 bits per heavy atom. The van der Waals surface area contributed by atoms with Gasteiger partial charge in [0.1, 0.15) is 17.2 Å². The van der Waals surface area contributed by atoms with Crippen LogP contribution in [0.15, 0.2) is 16.5 Å². The molecule has 1 saturated heterocycles. The number of aromatic nitrogens is 1. The summed E-state index contributed by atoms with van der Waals surface area (Å²) in [5, 5.41) is 3.07. The molecule has 0 spiro atoms. The molecule has 1 aliphatic heterocycles. The number of aryl methyl sites for hydroxylation is 1. The van der Waals surface area contributed by atoms with Gasteiger partial charge in [0.15, 0.2) is 5.78 Å². The third-order valence-corrected chi connectivity index (χ3v) is 6.16. The second kappa shape index (κ2) is 8.04. The zero-order valence-corrected chi connectivity index (χ0v) is 18.3. The molecule has 3 heterocycles. The van der Waals surface area contributed by atoms with Crippen molar-refractivity contribution >= 4 is 11.7 Å². The van der Waals surface area contributed by atoms with Crippen molar-refractivity contribution in [3.8, 4) is 0 Å². The van der Waals surface area contributed by atoms with E-state index < -0.39 is 0 Å². The normalized spacial score (nSPS) is 20.1. The largest absolute Gasteiger partial charge is 0.465 e. The van der Waals surface area contributed by atoms with Crippen molar-refractivity contribution in [1.29, 1.82) is 0 Å². The molecule has 7 heteroatoms. The van der Waals surface area contributed by atoms with Crippen molar-refractivity contribution < 1.29 is 18.7 Å². The molecule has 1 atom stereocenters. The predicted octanol–water partition coefficient (Wildman–Crippen LogP) is 3.18. The van der Waals surface area contributed by atoms with Crippen molar-refractivity contribution in [2.45, 2.75) is 46.6 Å². The lowest BCUT2D eigenvalue weighted by Gasteiger charge is -2.33. The van der Waals surface area contributed by atoms with Gasteiger partial charge in [-0.1, -0.05) is 13.8 Å². The first kappa shape index (κ1) is 20.9. The number of Topliss-reactive ketones (excluding diaryl/α,β-unsaturated/α-hetero) is 1. The number of carbonyl (C=O) groups excluding carboxylic acids is 2. The highest BCUT2D eigenvalue weighted by atomic mass is 16.5. The van der Waals surface area contributed by atoms with Crippen LogP contribution in [0.5, 0.6) is 0 Å². The fourth-order valence-corrected chi connectivity index (χ4v) is 4.67. The first-order valence-corrected chi connectivity index (χ1v) is 10.7. The number of nitrogens with zero attached hydrogens (tertiary/aromatic N) is 1. The molecule has 4 rings (SSSR count). The second-order valence-electron chi connectivity index (χ2n) is 9.24. The number of furan rings is 1. The number of ether oxygens (including phenoxy) is 1. The average Bonchev–Trinajstić information content (AvgIpc) is 3.25. The van der Waals surface area contributed by atoms with Gasteiger partial charge in [-0.2, -0.15) is 0 Å². The van der Waals surface area contributed by atoms with E-state index in [1.807, 2.05) is 26.0 Å². The molecule has 0 saturated carbocycles. The average molecular weight is 414 g/mol. The number of amides is 1. The minimum absolute atomic E-state index is 0.0583. The standard InChI is InChI=1S/C23H31N3O4/c1-14-5-6-19(30-14)17(26-7-9-29-10-8-26)13-24-22(28)21-15(2)20-16(25-21)11-23(3,4)12-18(20)27/h5-6,17,25H,7-13H2,1-4H3,(H,24,28). The highest BCUT2D eigenvalue weighted by Crippen LogP contribution is 2.36. The molecule has 2 N–H and O–H groups in total. The molecule has 2 aromatic rings. The van der Waals surface area contributed by atoms with Crippen molar-refractivity contribution in [3.63, 3.8) is 0 Å². The van der Waals surface area contributed by atoms with Crippen molar-refractivity contribution in [3.05, 3.63) is 46.2 Å². The van der Waals surface area contributed by atoms with E-state index in [-0.39, 0.29) is 23.1 Å². The molecule has 1 unspecified atom stereocenters. The van der Waals surface area contributed by atoms with Crippen LogP contribution in [-0.2, 0) is 11.2 Å². The lowest BCUT2D eigenvalue weighted by atomic mass is 9.75. The van der Waals surface area contributed by atoms with Gasteiger partial charge in [-0.3, -0.25) is 14.5 Å². The number of morpholine rings is 1. The summed E-state index contributed by atoms with van der Waals surface area (Å²) < 4.78 is 11.4. The molecule has 0 radical (unpaired) electrons. The Hall–Kier alpha value is -2.38. The van der Waals surface area contributed by atoms with E-state index >= 15 is 0 Å². The summed E-state index contributed by atoms with van der Waals surface area (Å²) in [5.41, 5.74) is 2.73. The number of fused-ring (bicyclic) bond motifs is 1. The number of aromatic amines is 1. The second-order valence-corrected chi connectivity index (χ2v) is 9.24. The quantitative estimate of drug-likeness (QED) is 0.786. The van der Waals surface area contributed by atoms with E-state index in [2.05, 4.69) is 29.0 Å². The Morgan fingerprint density at radius 3 is 2.63 bits per heavy atom. The van der Waals surface area contributed by atoms with Crippen LogP contribution in [-0.4, -0.2) is 54.4 Å². The summed E-state index contributed by atoms with van der Waals surface area (Å²) in [5.74, 6) is 1.62. The van der Waals surface area contributed by atoms with Gasteiger partial charge in [0.05, 0.1) is 19.3 Å². The number of hydrogen-bond donors (Lipinski definition) is 2. The molecule has 0 bridgehead atoms. The number of ketones is 1. The van der Waals surface area contributed by atoms with Crippen molar-refractivity contribution in [1.82, 2.24) is 15.2 Å². The highest BCUT2D eigenvalue weighted by Gasteiger charge is 2.35. The lowest BCUT2D eigenvalue weighted by Crippen LogP contribution is -2.43. The predicted molar refractivity (Wildman–Crippen MR) is 113 cm³/mol. The summed E-state index contributed by atoms with van der Waals surface area (Å²) in [7, 11) is 0. The first-order chi connectivity index (χ1) is 14.2. The Balaban J connectivity index is 1.52. The zero-order valence-electron chi connectivity index (χ0n) is 18.3. The summed E-state index contributed by atoms with van der Waals surface area (Å²) in [6.07, 6.45) is 1.28. The molecule has 2 aromatic heterocycles. The molecular weight excluding hydrogens is 382 g/mol. The smallest absolute Gasteiger partial charge is 0.268 e. The highest BCUT2D eigenvalue weighted by molar-refractivity contribution is 6.04. The molecule has 1 aliphatic carbocycles. The van der Waals surface area contributed by atoms with E-state index in [9.17, 15) is 9.59 Å². The number of nitrogens with one attached hydrogen (secondary N) is 2. The first-order valence-electron chi connectivity index (χ1n) is 10.7. The Labute approximate surface area is 177 Å². The number of rotatable bonds is 5. The van der Waals surface area contributed by atoms with E-state index in [0.29, 0.717) is 37.4 Å². The zero-order chi connectivity index (χ0) is 21.5. The maximum absolute atomic E-state index is 13.0. The maximum Gasteiger partial charge on any atom is 0.268 e. The van der Waals surface area contributed by atoms with Crippen LogP contribution >= 0.6 is 0 Å². The van der Waals surface area contributed by atoms with E-state index in [4.69, 9.17) is 9.15 Å². The Bertz CT molecular complexity index is 950. The molecule has 30 heavy (non-hydrogen) atoms. The van der Waals surface area contributed by atoms with Gasteiger partial charge in [0.2, 0.25) is 0 Å². The maximum atomic E-state index is 13.0. The Morgan fingerprint density at radius 2 is 1.97 bits per heavy atom. The molecule has 1 fully saturated rings. The van der Waals surface area contributed by atoms with Crippen molar-refractivity contribution in [2.75, 3.05) is 32.8 Å². The summed E-state index contributed by atoms with van der Waals surface area (Å²) >= 11 is 0. The van der Waals surface area contributed by atoms with Crippen molar-refractivity contribution in [2.24, 2.45) is 5.41 Å². The van der Waals surface area contributed by atoms with E-state index in [1.54, 1.807) is 0 Å². The van der Waals surface area contributed by atoms with Crippen LogP contribution in [0, 0.1) is 19.3 Å². The van der Waals surface area contributed by atoms with Gasteiger partial charge in [-0.25, -0.2) is 0 Å². The summed E-state index contributed by atoms with van der Waals surface area (Å²) in [4.78, 5) is 31.2.